The second kappa shape index (κ2) is 11.9. The van der Waals surface area contributed by atoms with E-state index in [1.54, 1.807) is 30.6 Å². The molecule has 0 unspecified atom stereocenters. The maximum Gasteiger partial charge on any atom is 0.417 e. The first-order valence-electron chi connectivity index (χ1n) is 14.2. The summed E-state index contributed by atoms with van der Waals surface area (Å²) in [4.78, 5) is 41.9. The molecule has 0 spiro atoms. The normalized spacial score (nSPS) is 15.9. The highest BCUT2D eigenvalue weighted by molar-refractivity contribution is 7.90. The van der Waals surface area contributed by atoms with Crippen LogP contribution in [0.3, 0.4) is 0 Å². The number of hydrogen-bond acceptors (Lipinski definition) is 8. The molecule has 1 saturated heterocycles. The largest absolute Gasteiger partial charge is 0.417 e. The predicted octanol–water partition coefficient (Wildman–Crippen LogP) is 4.75. The lowest BCUT2D eigenvalue weighted by Gasteiger charge is -2.40. The van der Waals surface area contributed by atoms with Crippen LogP contribution in [0.5, 0.6) is 0 Å². The van der Waals surface area contributed by atoms with Gasteiger partial charge in [0.05, 0.1) is 16.6 Å². The summed E-state index contributed by atoms with van der Waals surface area (Å²) in [7, 11) is -4.03. The Labute approximate surface area is 261 Å². The summed E-state index contributed by atoms with van der Waals surface area (Å²) in [5.41, 5.74) is -3.53. The first-order chi connectivity index (χ1) is 21.5. The van der Waals surface area contributed by atoms with Gasteiger partial charge in [0, 0.05) is 49.9 Å². The molecule has 1 amide bonds. The molecule has 0 aliphatic carbocycles. The molecular formula is C31H30F4N6O4S. The molecule has 0 N–H and O–H groups in total. The van der Waals surface area contributed by atoms with E-state index in [1.807, 2.05) is 0 Å². The van der Waals surface area contributed by atoms with Crippen LogP contribution in [0.4, 0.5) is 23.4 Å². The Morgan fingerprint density at radius 1 is 1.13 bits per heavy atom. The Kier molecular flexibility index (Phi) is 8.49. The van der Waals surface area contributed by atoms with Crippen molar-refractivity contribution < 1.29 is 30.8 Å². The third kappa shape index (κ3) is 5.86. The smallest absolute Gasteiger partial charge is 0.350 e. The summed E-state index contributed by atoms with van der Waals surface area (Å²) in [5.74, 6) is -1.81. The third-order valence-electron chi connectivity index (χ3n) is 7.83. The van der Waals surface area contributed by atoms with Crippen LogP contribution >= 0.6 is 0 Å². The monoisotopic (exact) mass is 658 g/mol. The number of nitrogens with zero attached hydrogens (tertiary/aromatic N) is 6. The lowest BCUT2D eigenvalue weighted by atomic mass is 10.0. The molecule has 3 aromatic heterocycles. The molecule has 5 rings (SSSR count). The van der Waals surface area contributed by atoms with E-state index in [9.17, 15) is 31.2 Å². The van der Waals surface area contributed by atoms with Gasteiger partial charge in [-0.05, 0) is 36.6 Å². The van der Waals surface area contributed by atoms with Crippen molar-refractivity contribution in [3.05, 3.63) is 82.8 Å². The first-order valence-corrected chi connectivity index (χ1v) is 16.1. The highest BCUT2D eigenvalue weighted by Gasteiger charge is 2.36. The van der Waals surface area contributed by atoms with Crippen molar-refractivity contribution in [3.8, 4) is 16.9 Å². The maximum atomic E-state index is 16.0. The molecular weight excluding hydrogens is 628 g/mol. The molecule has 10 nitrogen and oxygen atoms in total. The molecule has 1 atom stereocenters. The van der Waals surface area contributed by atoms with Crippen LogP contribution in [-0.2, 0) is 20.8 Å². The van der Waals surface area contributed by atoms with E-state index in [2.05, 4.69) is 21.5 Å². The number of fused-ring (bicyclic) bond motifs is 1. The summed E-state index contributed by atoms with van der Waals surface area (Å²) < 4.78 is 85.0. The number of halogens is 4. The SMILES string of the molecule is C=CC(=O)N1CCN(c2nc(=O)n(-c3c(C(C)C)cncc3S(C)(=O)=O)c3nc(-c4ccccc4C(F)(F)F)c(F)cc23)[C@@H](C)C1. The average Bonchev–Trinajstić information content (AvgIpc) is 2.99. The van der Waals surface area contributed by atoms with Gasteiger partial charge in [0.1, 0.15) is 22.2 Å². The molecule has 4 heterocycles. The highest BCUT2D eigenvalue weighted by Crippen LogP contribution is 2.39. The van der Waals surface area contributed by atoms with Gasteiger partial charge in [0.25, 0.3) is 0 Å². The van der Waals surface area contributed by atoms with Crippen LogP contribution < -0.4 is 10.6 Å². The van der Waals surface area contributed by atoms with Gasteiger partial charge >= 0.3 is 11.9 Å². The number of aromatic nitrogens is 4. The number of carbonyl (C=O) groups is 1. The number of pyridine rings is 2. The van der Waals surface area contributed by atoms with Crippen molar-refractivity contribution in [2.75, 3.05) is 30.8 Å². The standard InChI is InChI=1S/C31H30F4N6O4S/c1-6-25(42)39-11-12-40(18(4)16-39)28-20-13-23(32)26(19-9-7-8-10-22(19)31(33,34)35)37-29(20)41(30(43)38-28)27-21(17(2)3)14-36-15-24(27)46(5,44)45/h6-10,13-15,17-18H,1,11-12,16H2,2-5H3/t18-/m0/s1. The molecule has 4 aromatic rings. The number of rotatable bonds is 6. The Hall–Kier alpha value is -4.66. The number of benzene rings is 1. The van der Waals surface area contributed by atoms with E-state index in [0.717, 1.165) is 41.3 Å². The Morgan fingerprint density at radius 3 is 2.43 bits per heavy atom. The summed E-state index contributed by atoms with van der Waals surface area (Å²) in [6, 6.07) is 4.83. The number of alkyl halides is 3. The minimum absolute atomic E-state index is 0.0161. The van der Waals surface area contributed by atoms with E-state index in [-0.39, 0.29) is 58.9 Å². The van der Waals surface area contributed by atoms with Gasteiger partial charge in [0.15, 0.2) is 15.5 Å². The second-order valence-electron chi connectivity index (χ2n) is 11.3. The number of amides is 1. The first kappa shape index (κ1) is 32.7. The number of piperazine rings is 1. The molecule has 0 saturated carbocycles. The van der Waals surface area contributed by atoms with Crippen molar-refractivity contribution >= 4 is 32.6 Å². The fraction of sp³-hybridized carbons (Fsp3) is 0.323. The van der Waals surface area contributed by atoms with Crippen LogP contribution in [0, 0.1) is 5.82 Å². The number of carbonyl (C=O) groups excluding carboxylic acids is 1. The zero-order valence-corrected chi connectivity index (χ0v) is 26.2. The quantitative estimate of drug-likeness (QED) is 0.215. The van der Waals surface area contributed by atoms with Crippen molar-refractivity contribution in [1.82, 2.24) is 24.4 Å². The van der Waals surface area contributed by atoms with Crippen molar-refractivity contribution in [3.63, 3.8) is 0 Å². The van der Waals surface area contributed by atoms with Crippen molar-refractivity contribution in [1.29, 1.82) is 0 Å². The zero-order chi connectivity index (χ0) is 33.7. The fourth-order valence-corrected chi connectivity index (χ4v) is 6.45. The third-order valence-corrected chi connectivity index (χ3v) is 8.93. The predicted molar refractivity (Wildman–Crippen MR) is 164 cm³/mol. The second-order valence-corrected chi connectivity index (χ2v) is 13.3. The van der Waals surface area contributed by atoms with Crippen LogP contribution in [0.2, 0.25) is 0 Å². The van der Waals surface area contributed by atoms with Gasteiger partial charge in [-0.1, -0.05) is 38.6 Å². The topological polar surface area (TPSA) is 118 Å². The van der Waals surface area contributed by atoms with E-state index in [4.69, 9.17) is 0 Å². The molecule has 0 radical (unpaired) electrons. The molecule has 1 aromatic carbocycles. The van der Waals surface area contributed by atoms with Crippen molar-refractivity contribution in [2.24, 2.45) is 0 Å². The van der Waals surface area contributed by atoms with Crippen LogP contribution in [0.1, 0.15) is 37.8 Å². The molecule has 15 heteroatoms. The Balaban J connectivity index is 1.90. The van der Waals surface area contributed by atoms with Gasteiger partial charge in [0.2, 0.25) is 5.91 Å². The molecule has 1 fully saturated rings. The maximum absolute atomic E-state index is 16.0. The van der Waals surface area contributed by atoms with Gasteiger partial charge < -0.3 is 9.80 Å². The van der Waals surface area contributed by atoms with Gasteiger partial charge in [-0.25, -0.2) is 27.2 Å². The highest BCUT2D eigenvalue weighted by atomic mass is 32.2. The number of anilines is 1. The number of sulfone groups is 1. The number of hydrogen-bond donors (Lipinski definition) is 0. The van der Waals surface area contributed by atoms with E-state index >= 15 is 4.39 Å². The summed E-state index contributed by atoms with van der Waals surface area (Å²) >= 11 is 0. The van der Waals surface area contributed by atoms with Crippen LogP contribution in [-0.4, -0.2) is 70.7 Å². The van der Waals surface area contributed by atoms with E-state index < -0.39 is 50.4 Å². The van der Waals surface area contributed by atoms with Gasteiger partial charge in [-0.3, -0.25) is 9.78 Å². The minimum Gasteiger partial charge on any atom is -0.350 e. The summed E-state index contributed by atoms with van der Waals surface area (Å²) in [6.07, 6.45) is -0.319. The average molecular weight is 659 g/mol. The molecule has 1 aliphatic heterocycles. The molecule has 46 heavy (non-hydrogen) atoms. The lowest BCUT2D eigenvalue weighted by molar-refractivity contribution is -0.137. The fourth-order valence-electron chi connectivity index (χ4n) is 5.64. The summed E-state index contributed by atoms with van der Waals surface area (Å²) in [5, 5.41) is -0.0494. The van der Waals surface area contributed by atoms with Crippen LogP contribution in [0.15, 0.2) is 65.1 Å². The van der Waals surface area contributed by atoms with E-state index in [0.29, 0.717) is 5.56 Å². The zero-order valence-electron chi connectivity index (χ0n) is 25.3. The molecule has 242 valence electrons. The minimum atomic E-state index is -4.86. The van der Waals surface area contributed by atoms with E-state index in [1.165, 1.54) is 18.3 Å². The Bertz CT molecular complexity index is 2050. The Morgan fingerprint density at radius 2 is 1.83 bits per heavy atom. The van der Waals surface area contributed by atoms with Crippen LogP contribution in [0.25, 0.3) is 28.0 Å². The molecule has 1 aliphatic rings. The lowest BCUT2D eigenvalue weighted by Crippen LogP contribution is -2.54. The van der Waals surface area contributed by atoms with Crippen molar-refractivity contribution in [2.45, 2.75) is 43.8 Å². The van der Waals surface area contributed by atoms with Gasteiger partial charge in [-0.2, -0.15) is 18.2 Å². The molecule has 0 bridgehead atoms. The summed E-state index contributed by atoms with van der Waals surface area (Å²) in [6.45, 7) is 9.36. The van der Waals surface area contributed by atoms with Gasteiger partial charge in [-0.15, -0.1) is 0 Å².